The van der Waals surface area contributed by atoms with E-state index >= 15 is 0 Å². The quantitative estimate of drug-likeness (QED) is 0.732. The summed E-state index contributed by atoms with van der Waals surface area (Å²) in [6.07, 6.45) is 6.49. The molecule has 1 nitrogen and oxygen atoms in total. The molecule has 0 bridgehead atoms. The van der Waals surface area contributed by atoms with E-state index in [1.165, 1.54) is 37.7 Å². The second-order valence-electron chi connectivity index (χ2n) is 4.99. The van der Waals surface area contributed by atoms with Gasteiger partial charge in [-0.05, 0) is 55.9 Å². The highest BCUT2D eigenvalue weighted by atomic mass is 35.5. The highest BCUT2D eigenvalue weighted by Crippen LogP contribution is 2.39. The van der Waals surface area contributed by atoms with E-state index < -0.39 is 0 Å². The van der Waals surface area contributed by atoms with Crippen molar-refractivity contribution >= 4 is 11.6 Å². The van der Waals surface area contributed by atoms with Gasteiger partial charge < -0.3 is 5.32 Å². The third-order valence-corrected chi connectivity index (χ3v) is 4.31. The van der Waals surface area contributed by atoms with Crippen molar-refractivity contribution in [3.05, 3.63) is 46.0 Å². The van der Waals surface area contributed by atoms with E-state index in [4.69, 9.17) is 11.6 Å². The third kappa shape index (κ3) is 2.14. The zero-order valence-electron chi connectivity index (χ0n) is 10.0. The molecule has 0 spiro atoms. The Morgan fingerprint density at radius 3 is 2.76 bits per heavy atom. The predicted octanol–water partition coefficient (Wildman–Crippen LogP) is 4.25. The Bertz CT molecular complexity index is 446. The Hall–Kier alpha value is -0.790. The Morgan fingerprint density at radius 2 is 1.88 bits per heavy atom. The van der Waals surface area contributed by atoms with Crippen LogP contribution in [0, 0.1) is 0 Å². The SMILES string of the molecule is Clc1ccccc1C1NCCC2=C1CCCC2. The van der Waals surface area contributed by atoms with Gasteiger partial charge in [0.1, 0.15) is 0 Å². The zero-order chi connectivity index (χ0) is 11.7. The lowest BCUT2D eigenvalue weighted by atomic mass is 9.81. The largest absolute Gasteiger partial charge is 0.306 e. The summed E-state index contributed by atoms with van der Waals surface area (Å²) in [7, 11) is 0. The minimum absolute atomic E-state index is 0.368. The predicted molar refractivity (Wildman–Crippen MR) is 72.3 cm³/mol. The molecule has 1 aliphatic heterocycles. The summed E-state index contributed by atoms with van der Waals surface area (Å²) in [6.45, 7) is 1.09. The number of halogens is 1. The third-order valence-electron chi connectivity index (χ3n) is 3.97. The molecule has 1 heterocycles. The first-order valence-corrected chi connectivity index (χ1v) is 6.92. The number of benzene rings is 1. The fraction of sp³-hybridized carbons (Fsp3) is 0.467. The maximum absolute atomic E-state index is 6.33. The Labute approximate surface area is 108 Å². The Morgan fingerprint density at radius 1 is 1.06 bits per heavy atom. The molecule has 0 saturated carbocycles. The van der Waals surface area contributed by atoms with Crippen molar-refractivity contribution < 1.29 is 0 Å². The maximum atomic E-state index is 6.33. The summed E-state index contributed by atoms with van der Waals surface area (Å²) in [4.78, 5) is 0. The molecule has 0 radical (unpaired) electrons. The van der Waals surface area contributed by atoms with Crippen LogP contribution in [0.2, 0.25) is 5.02 Å². The van der Waals surface area contributed by atoms with E-state index in [2.05, 4.69) is 17.4 Å². The van der Waals surface area contributed by atoms with Crippen LogP contribution in [0.15, 0.2) is 35.4 Å². The molecule has 1 aromatic carbocycles. The zero-order valence-corrected chi connectivity index (χ0v) is 10.8. The molecule has 3 rings (SSSR count). The van der Waals surface area contributed by atoms with Crippen LogP contribution < -0.4 is 5.32 Å². The molecule has 1 N–H and O–H groups in total. The molecule has 0 fully saturated rings. The van der Waals surface area contributed by atoms with Gasteiger partial charge in [0, 0.05) is 5.02 Å². The molecule has 1 aliphatic carbocycles. The van der Waals surface area contributed by atoms with Crippen LogP contribution in [0.1, 0.15) is 43.7 Å². The van der Waals surface area contributed by atoms with Crippen molar-refractivity contribution in [2.24, 2.45) is 0 Å². The van der Waals surface area contributed by atoms with Crippen LogP contribution in [-0.2, 0) is 0 Å². The standard InChI is InChI=1S/C15H18ClN/c16-14-8-4-3-7-13(14)15-12-6-2-1-5-11(12)9-10-17-15/h3-4,7-8,15,17H,1-2,5-6,9-10H2. The molecule has 1 unspecified atom stereocenters. The molecule has 0 amide bonds. The molecule has 2 heteroatoms. The van der Waals surface area contributed by atoms with Crippen molar-refractivity contribution in [2.45, 2.75) is 38.1 Å². The van der Waals surface area contributed by atoms with Crippen molar-refractivity contribution in [1.82, 2.24) is 5.32 Å². The van der Waals surface area contributed by atoms with Crippen LogP contribution >= 0.6 is 11.6 Å². The average molecular weight is 248 g/mol. The fourth-order valence-corrected chi connectivity index (χ4v) is 3.37. The summed E-state index contributed by atoms with van der Waals surface area (Å²) in [6, 6.07) is 8.61. The second-order valence-corrected chi connectivity index (χ2v) is 5.40. The van der Waals surface area contributed by atoms with E-state index in [-0.39, 0.29) is 0 Å². The smallest absolute Gasteiger partial charge is 0.0553 e. The number of nitrogens with one attached hydrogen (secondary N) is 1. The lowest BCUT2D eigenvalue weighted by molar-refractivity contribution is 0.489. The molecule has 1 aromatic rings. The van der Waals surface area contributed by atoms with E-state index in [0.29, 0.717) is 6.04 Å². The number of hydrogen-bond acceptors (Lipinski definition) is 1. The molecular weight excluding hydrogens is 230 g/mol. The van der Waals surface area contributed by atoms with Gasteiger partial charge in [-0.25, -0.2) is 0 Å². The average Bonchev–Trinajstić information content (AvgIpc) is 2.39. The minimum Gasteiger partial charge on any atom is -0.306 e. The van der Waals surface area contributed by atoms with Gasteiger partial charge >= 0.3 is 0 Å². The molecule has 1 atom stereocenters. The van der Waals surface area contributed by atoms with Crippen molar-refractivity contribution in [3.8, 4) is 0 Å². The topological polar surface area (TPSA) is 12.0 Å². The van der Waals surface area contributed by atoms with Crippen molar-refractivity contribution in [3.63, 3.8) is 0 Å². The minimum atomic E-state index is 0.368. The van der Waals surface area contributed by atoms with E-state index in [9.17, 15) is 0 Å². The Balaban J connectivity index is 2.00. The first-order chi connectivity index (χ1) is 8.36. The van der Waals surface area contributed by atoms with Gasteiger partial charge in [-0.15, -0.1) is 0 Å². The van der Waals surface area contributed by atoms with Gasteiger partial charge in [-0.3, -0.25) is 0 Å². The normalized spacial score (nSPS) is 24.6. The molecule has 17 heavy (non-hydrogen) atoms. The Kier molecular flexibility index (Phi) is 3.21. The van der Waals surface area contributed by atoms with Crippen LogP contribution in [0.4, 0.5) is 0 Å². The van der Waals surface area contributed by atoms with Gasteiger partial charge in [0.05, 0.1) is 6.04 Å². The number of rotatable bonds is 1. The fourth-order valence-electron chi connectivity index (χ4n) is 3.12. The molecule has 0 aromatic heterocycles. The second kappa shape index (κ2) is 4.83. The van der Waals surface area contributed by atoms with E-state index in [0.717, 1.165) is 11.6 Å². The maximum Gasteiger partial charge on any atom is 0.0553 e. The highest BCUT2D eigenvalue weighted by Gasteiger charge is 2.26. The van der Waals surface area contributed by atoms with E-state index in [1.807, 2.05) is 12.1 Å². The van der Waals surface area contributed by atoms with E-state index in [1.54, 1.807) is 11.1 Å². The highest BCUT2D eigenvalue weighted by molar-refractivity contribution is 6.31. The molecular formula is C15H18ClN. The summed E-state index contributed by atoms with van der Waals surface area (Å²) in [5.41, 5.74) is 4.57. The van der Waals surface area contributed by atoms with Gasteiger partial charge in [-0.2, -0.15) is 0 Å². The lowest BCUT2D eigenvalue weighted by Gasteiger charge is -2.33. The first kappa shape index (κ1) is 11.3. The van der Waals surface area contributed by atoms with Crippen LogP contribution in [0.3, 0.4) is 0 Å². The molecule has 0 saturated heterocycles. The van der Waals surface area contributed by atoms with Gasteiger partial charge in [-0.1, -0.05) is 35.4 Å². The monoisotopic (exact) mass is 247 g/mol. The first-order valence-electron chi connectivity index (χ1n) is 6.55. The van der Waals surface area contributed by atoms with Crippen LogP contribution in [-0.4, -0.2) is 6.54 Å². The van der Waals surface area contributed by atoms with Gasteiger partial charge in [0.2, 0.25) is 0 Å². The van der Waals surface area contributed by atoms with Gasteiger partial charge in [0.25, 0.3) is 0 Å². The summed E-state index contributed by atoms with van der Waals surface area (Å²) in [5, 5.41) is 4.53. The van der Waals surface area contributed by atoms with Crippen LogP contribution in [0.5, 0.6) is 0 Å². The van der Waals surface area contributed by atoms with Crippen molar-refractivity contribution in [2.75, 3.05) is 6.54 Å². The summed E-state index contributed by atoms with van der Waals surface area (Å²) in [5.74, 6) is 0. The lowest BCUT2D eigenvalue weighted by Crippen LogP contribution is -2.31. The van der Waals surface area contributed by atoms with Crippen LogP contribution in [0.25, 0.3) is 0 Å². The molecule has 90 valence electrons. The summed E-state index contributed by atoms with van der Waals surface area (Å²) < 4.78 is 0. The van der Waals surface area contributed by atoms with Crippen molar-refractivity contribution in [1.29, 1.82) is 0 Å². The number of hydrogen-bond donors (Lipinski definition) is 1. The summed E-state index contributed by atoms with van der Waals surface area (Å²) >= 11 is 6.33. The molecule has 2 aliphatic rings. The van der Waals surface area contributed by atoms with Gasteiger partial charge in [0.15, 0.2) is 0 Å².